The smallest absolute Gasteiger partial charge is 0.218 e. The molecule has 8 heteroatoms. The molecule has 0 saturated carbocycles. The van der Waals surface area contributed by atoms with Gasteiger partial charge in [0.2, 0.25) is 5.89 Å². The molecule has 0 fully saturated rings. The molecule has 32 heavy (non-hydrogen) atoms. The first-order valence-electron chi connectivity index (χ1n) is 10.4. The molecule has 1 N–H and O–H groups in total. The highest BCUT2D eigenvalue weighted by molar-refractivity contribution is 5.66. The molecule has 0 amide bonds. The van der Waals surface area contributed by atoms with Crippen molar-refractivity contribution in [3.63, 3.8) is 0 Å². The molecule has 4 aromatic rings. The number of rotatable bonds is 10. The standard InChI is InChI=1S/C24H23F2N5O/c25-20-8-6-19(23(26)15-20)7-11-24-29-22(17-32-24)16-27-21-9-4-18(5-10-21)3-1-2-13-31-14-12-28-30-31/h4-12,14-15,17,27H,1-3,13,16H2/b11-7+. The third-order valence-corrected chi connectivity index (χ3v) is 4.94. The van der Waals surface area contributed by atoms with Gasteiger partial charge in [-0.1, -0.05) is 17.3 Å². The Morgan fingerprint density at radius 3 is 2.69 bits per heavy atom. The molecule has 164 valence electrons. The number of hydrogen-bond donors (Lipinski definition) is 1. The van der Waals surface area contributed by atoms with E-state index in [2.05, 4.69) is 32.7 Å². The largest absolute Gasteiger partial charge is 0.445 e. The highest BCUT2D eigenvalue weighted by atomic mass is 19.1. The molecule has 0 radical (unpaired) electrons. The molecule has 0 unspecified atom stereocenters. The fraction of sp³-hybridized carbons (Fsp3) is 0.208. The molecule has 2 aromatic heterocycles. The summed E-state index contributed by atoms with van der Waals surface area (Å²) in [6.07, 6.45) is 11.3. The number of hydrogen-bond acceptors (Lipinski definition) is 5. The van der Waals surface area contributed by atoms with Crippen LogP contribution in [0.15, 0.2) is 65.5 Å². The Morgan fingerprint density at radius 2 is 1.91 bits per heavy atom. The first-order chi connectivity index (χ1) is 15.7. The molecular formula is C24H23F2N5O. The highest BCUT2D eigenvalue weighted by Gasteiger charge is 2.04. The molecule has 0 aliphatic heterocycles. The Hall–Kier alpha value is -3.81. The van der Waals surface area contributed by atoms with Crippen molar-refractivity contribution in [1.29, 1.82) is 0 Å². The summed E-state index contributed by atoms with van der Waals surface area (Å²) in [4.78, 5) is 4.35. The number of aromatic nitrogens is 4. The third-order valence-electron chi connectivity index (χ3n) is 4.94. The van der Waals surface area contributed by atoms with Crippen LogP contribution in [-0.4, -0.2) is 20.0 Å². The second kappa shape index (κ2) is 10.5. The highest BCUT2D eigenvalue weighted by Crippen LogP contribution is 2.16. The lowest BCUT2D eigenvalue weighted by molar-refractivity contribution is 0.541. The fourth-order valence-electron chi connectivity index (χ4n) is 3.21. The Bertz CT molecular complexity index is 1150. The fourth-order valence-corrected chi connectivity index (χ4v) is 3.21. The zero-order valence-corrected chi connectivity index (χ0v) is 17.4. The van der Waals surface area contributed by atoms with Gasteiger partial charge >= 0.3 is 0 Å². The van der Waals surface area contributed by atoms with Gasteiger partial charge in [0.1, 0.15) is 17.9 Å². The number of aryl methyl sites for hydroxylation is 2. The van der Waals surface area contributed by atoms with Crippen molar-refractivity contribution < 1.29 is 13.2 Å². The average Bonchev–Trinajstić information content (AvgIpc) is 3.48. The van der Waals surface area contributed by atoms with Crippen molar-refractivity contribution in [2.45, 2.75) is 32.4 Å². The van der Waals surface area contributed by atoms with Crippen molar-refractivity contribution in [3.05, 3.63) is 95.5 Å². The van der Waals surface area contributed by atoms with Gasteiger partial charge in [-0.05, 0) is 55.2 Å². The van der Waals surface area contributed by atoms with Crippen LogP contribution in [0, 0.1) is 11.6 Å². The lowest BCUT2D eigenvalue weighted by atomic mass is 10.1. The van der Waals surface area contributed by atoms with Gasteiger partial charge in [-0.2, -0.15) is 0 Å². The Kier molecular flexibility index (Phi) is 7.01. The van der Waals surface area contributed by atoms with Crippen LogP contribution in [0.25, 0.3) is 12.2 Å². The van der Waals surface area contributed by atoms with E-state index in [1.165, 1.54) is 23.8 Å². The summed E-state index contributed by atoms with van der Waals surface area (Å²) >= 11 is 0. The first-order valence-corrected chi connectivity index (χ1v) is 10.4. The average molecular weight is 435 g/mol. The molecule has 0 bridgehead atoms. The molecule has 2 aromatic carbocycles. The zero-order chi connectivity index (χ0) is 22.2. The van der Waals surface area contributed by atoms with Crippen molar-refractivity contribution in [2.75, 3.05) is 5.32 Å². The predicted molar refractivity (Wildman–Crippen MR) is 119 cm³/mol. The van der Waals surface area contributed by atoms with E-state index in [9.17, 15) is 8.78 Å². The van der Waals surface area contributed by atoms with Gasteiger partial charge < -0.3 is 9.73 Å². The minimum absolute atomic E-state index is 0.266. The van der Waals surface area contributed by atoms with Crippen LogP contribution in [0.4, 0.5) is 14.5 Å². The minimum atomic E-state index is -0.631. The number of unbranched alkanes of at least 4 members (excludes halogenated alkanes) is 1. The molecule has 4 rings (SSSR count). The number of nitrogens with one attached hydrogen (secondary N) is 1. The topological polar surface area (TPSA) is 68.8 Å². The maximum Gasteiger partial charge on any atom is 0.218 e. The Balaban J connectivity index is 1.22. The normalized spacial score (nSPS) is 11.3. The summed E-state index contributed by atoms with van der Waals surface area (Å²) < 4.78 is 33.9. The van der Waals surface area contributed by atoms with Crippen LogP contribution < -0.4 is 5.32 Å². The molecule has 0 atom stereocenters. The summed E-state index contributed by atoms with van der Waals surface area (Å²) in [5, 5.41) is 11.1. The van der Waals surface area contributed by atoms with Crippen LogP contribution >= 0.6 is 0 Å². The van der Waals surface area contributed by atoms with Gasteiger partial charge in [0.25, 0.3) is 0 Å². The van der Waals surface area contributed by atoms with E-state index in [4.69, 9.17) is 4.42 Å². The number of benzene rings is 2. The monoisotopic (exact) mass is 435 g/mol. The van der Waals surface area contributed by atoms with E-state index in [-0.39, 0.29) is 5.56 Å². The number of oxazole rings is 1. The van der Waals surface area contributed by atoms with Crippen molar-refractivity contribution >= 4 is 17.8 Å². The van der Waals surface area contributed by atoms with Crippen LogP contribution in [0.1, 0.15) is 35.6 Å². The molecule has 2 heterocycles. The quantitative estimate of drug-likeness (QED) is 0.340. The van der Waals surface area contributed by atoms with E-state index in [1.807, 2.05) is 23.0 Å². The SMILES string of the molecule is Fc1ccc(/C=C/c2nc(CNc3ccc(CCCCn4ccnn4)cc3)co2)c(F)c1. The van der Waals surface area contributed by atoms with Gasteiger partial charge in [0, 0.05) is 36.1 Å². The Labute approximate surface area is 184 Å². The molecule has 0 saturated heterocycles. The Morgan fingerprint density at radius 1 is 1.03 bits per heavy atom. The maximum atomic E-state index is 13.7. The summed E-state index contributed by atoms with van der Waals surface area (Å²) in [5.41, 5.74) is 3.27. The number of anilines is 1. The molecule has 6 nitrogen and oxygen atoms in total. The summed E-state index contributed by atoms with van der Waals surface area (Å²) in [5.74, 6) is -0.888. The van der Waals surface area contributed by atoms with Crippen molar-refractivity contribution in [1.82, 2.24) is 20.0 Å². The summed E-state index contributed by atoms with van der Waals surface area (Å²) in [6.45, 7) is 1.38. The van der Waals surface area contributed by atoms with E-state index < -0.39 is 11.6 Å². The van der Waals surface area contributed by atoms with Crippen molar-refractivity contribution in [2.24, 2.45) is 0 Å². The summed E-state index contributed by atoms with van der Waals surface area (Å²) in [7, 11) is 0. The molecule has 0 spiro atoms. The van der Waals surface area contributed by atoms with Gasteiger partial charge in [0.05, 0.1) is 18.4 Å². The predicted octanol–water partition coefficient (Wildman–Crippen LogP) is 5.35. The first kappa shape index (κ1) is 21.4. The van der Waals surface area contributed by atoms with Gasteiger partial charge in [-0.15, -0.1) is 5.10 Å². The maximum absolute atomic E-state index is 13.7. The molecule has 0 aliphatic rings. The second-order valence-corrected chi connectivity index (χ2v) is 7.35. The number of nitrogens with zero attached hydrogens (tertiary/aromatic N) is 4. The van der Waals surface area contributed by atoms with E-state index in [0.29, 0.717) is 12.4 Å². The summed E-state index contributed by atoms with van der Waals surface area (Å²) in [6, 6.07) is 11.7. The molecule has 0 aliphatic carbocycles. The number of halogens is 2. The van der Waals surface area contributed by atoms with E-state index in [1.54, 1.807) is 18.5 Å². The van der Waals surface area contributed by atoms with Crippen LogP contribution in [0.5, 0.6) is 0 Å². The molecular weight excluding hydrogens is 412 g/mol. The lowest BCUT2D eigenvalue weighted by Crippen LogP contribution is -2.00. The van der Waals surface area contributed by atoms with Crippen molar-refractivity contribution in [3.8, 4) is 0 Å². The van der Waals surface area contributed by atoms with Crippen LogP contribution in [-0.2, 0) is 19.5 Å². The van der Waals surface area contributed by atoms with Gasteiger partial charge in [0.15, 0.2) is 0 Å². The lowest BCUT2D eigenvalue weighted by Gasteiger charge is -2.06. The van der Waals surface area contributed by atoms with Gasteiger partial charge in [-0.25, -0.2) is 13.8 Å². The van der Waals surface area contributed by atoms with Crippen LogP contribution in [0.2, 0.25) is 0 Å². The van der Waals surface area contributed by atoms with E-state index in [0.717, 1.165) is 43.3 Å². The van der Waals surface area contributed by atoms with Gasteiger partial charge in [-0.3, -0.25) is 4.68 Å². The zero-order valence-electron chi connectivity index (χ0n) is 17.4. The minimum Gasteiger partial charge on any atom is -0.445 e. The second-order valence-electron chi connectivity index (χ2n) is 7.35. The van der Waals surface area contributed by atoms with E-state index >= 15 is 0 Å². The van der Waals surface area contributed by atoms with Crippen LogP contribution in [0.3, 0.4) is 0 Å². The third kappa shape index (κ3) is 6.10.